The number of aromatic nitrogens is 1. The van der Waals surface area contributed by atoms with Crippen molar-refractivity contribution in [2.75, 3.05) is 13.1 Å². The van der Waals surface area contributed by atoms with Crippen molar-refractivity contribution in [2.24, 2.45) is 0 Å². The van der Waals surface area contributed by atoms with Crippen LogP contribution in [0.15, 0.2) is 30.5 Å². The molecule has 0 radical (unpaired) electrons. The summed E-state index contributed by atoms with van der Waals surface area (Å²) < 4.78 is 33.6. The Morgan fingerprint density at radius 2 is 1.96 bits per heavy atom. The van der Waals surface area contributed by atoms with E-state index < -0.39 is 17.4 Å². The first-order chi connectivity index (χ1) is 13.3. The van der Waals surface area contributed by atoms with Crippen LogP contribution >= 0.6 is 11.5 Å². The number of piperazine rings is 1. The minimum atomic E-state index is -0.886. The fraction of sp³-hybridized carbons (Fsp3) is 0.300. The number of hydrogen-bond acceptors (Lipinski definition) is 5. The lowest BCUT2D eigenvalue weighted by atomic mass is 9.98. The molecule has 2 heterocycles. The van der Waals surface area contributed by atoms with Crippen molar-refractivity contribution in [1.29, 1.82) is 0 Å². The summed E-state index contributed by atoms with van der Waals surface area (Å²) in [5.41, 5.74) is 0.339. The molecule has 5 nitrogen and oxygen atoms in total. The van der Waals surface area contributed by atoms with Crippen LogP contribution in [0.2, 0.25) is 0 Å². The van der Waals surface area contributed by atoms with Gasteiger partial charge in [0, 0.05) is 48.9 Å². The Morgan fingerprint density at radius 3 is 2.68 bits per heavy atom. The number of halogens is 2. The van der Waals surface area contributed by atoms with Crippen LogP contribution in [0.1, 0.15) is 24.2 Å². The molecule has 1 aliphatic rings. The molecule has 1 aromatic heterocycles. The molecule has 0 spiro atoms. The van der Waals surface area contributed by atoms with Gasteiger partial charge in [0.05, 0.1) is 15.8 Å². The number of phenolic OH excluding ortho intramolecular Hbond substituents is 1. The van der Waals surface area contributed by atoms with Gasteiger partial charge in [-0.15, -0.1) is 0 Å². The Kier molecular flexibility index (Phi) is 4.76. The molecule has 2 atom stereocenters. The van der Waals surface area contributed by atoms with E-state index in [1.54, 1.807) is 17.2 Å². The van der Waals surface area contributed by atoms with Crippen LogP contribution < -0.4 is 5.32 Å². The van der Waals surface area contributed by atoms with E-state index in [9.17, 15) is 18.7 Å². The normalized spacial score (nSPS) is 19.9. The number of hydrogen-bond donors (Lipinski definition) is 2. The van der Waals surface area contributed by atoms with Crippen LogP contribution in [0.5, 0.6) is 5.75 Å². The topological polar surface area (TPSA) is 65.5 Å². The van der Waals surface area contributed by atoms with Crippen LogP contribution in [0.4, 0.5) is 8.78 Å². The lowest BCUT2D eigenvalue weighted by Gasteiger charge is -2.37. The predicted octanol–water partition coefficient (Wildman–Crippen LogP) is 3.77. The highest BCUT2D eigenvalue weighted by Crippen LogP contribution is 2.35. The number of phenols is 1. The van der Waals surface area contributed by atoms with Gasteiger partial charge in [-0.3, -0.25) is 4.79 Å². The van der Waals surface area contributed by atoms with E-state index >= 15 is 0 Å². The Hall–Kier alpha value is -2.58. The molecule has 1 aliphatic heterocycles. The molecule has 8 heteroatoms. The summed E-state index contributed by atoms with van der Waals surface area (Å²) in [6, 6.07) is 5.00. The summed E-state index contributed by atoms with van der Waals surface area (Å²) in [6.07, 6.45) is 1.58. The zero-order valence-electron chi connectivity index (χ0n) is 15.4. The highest BCUT2D eigenvalue weighted by Gasteiger charge is 2.29. The van der Waals surface area contributed by atoms with Gasteiger partial charge in [-0.05, 0) is 43.1 Å². The second kappa shape index (κ2) is 7.10. The van der Waals surface area contributed by atoms with Gasteiger partial charge in [-0.2, -0.15) is 4.37 Å². The number of aromatic hydroxyl groups is 1. The largest absolute Gasteiger partial charge is 0.508 e. The molecule has 2 aromatic carbocycles. The van der Waals surface area contributed by atoms with Crippen molar-refractivity contribution < 1.29 is 18.7 Å². The maximum absolute atomic E-state index is 14.4. The third-order valence-electron chi connectivity index (χ3n) is 5.02. The lowest BCUT2D eigenvalue weighted by molar-refractivity contribution is 0.0618. The van der Waals surface area contributed by atoms with Gasteiger partial charge in [0.2, 0.25) is 0 Å². The van der Waals surface area contributed by atoms with Gasteiger partial charge in [-0.1, -0.05) is 0 Å². The predicted molar refractivity (Wildman–Crippen MR) is 105 cm³/mol. The molecule has 0 aliphatic carbocycles. The molecule has 1 saturated heterocycles. The van der Waals surface area contributed by atoms with E-state index in [1.165, 1.54) is 17.6 Å². The third kappa shape index (κ3) is 3.22. The summed E-state index contributed by atoms with van der Waals surface area (Å²) in [4.78, 5) is 15.1. The molecule has 1 amide bonds. The zero-order chi connectivity index (χ0) is 20.0. The summed E-state index contributed by atoms with van der Waals surface area (Å²) in [6.45, 7) is 5.20. The fourth-order valence-electron chi connectivity index (χ4n) is 3.58. The minimum absolute atomic E-state index is 0.00234. The highest BCUT2D eigenvalue weighted by molar-refractivity contribution is 7.13. The lowest BCUT2D eigenvalue weighted by Crippen LogP contribution is -2.56. The molecule has 28 heavy (non-hydrogen) atoms. The highest BCUT2D eigenvalue weighted by atomic mass is 32.1. The first-order valence-electron chi connectivity index (χ1n) is 8.96. The second-order valence-corrected chi connectivity index (χ2v) is 7.97. The molecule has 0 unspecified atom stereocenters. The number of nitrogens with one attached hydrogen (secondary N) is 1. The van der Waals surface area contributed by atoms with E-state index in [-0.39, 0.29) is 29.1 Å². The van der Waals surface area contributed by atoms with Gasteiger partial charge < -0.3 is 15.3 Å². The first-order valence-corrected chi connectivity index (χ1v) is 9.73. The summed E-state index contributed by atoms with van der Waals surface area (Å²) in [7, 11) is 0. The van der Waals surface area contributed by atoms with Crippen LogP contribution in [0.25, 0.3) is 21.2 Å². The second-order valence-electron chi connectivity index (χ2n) is 7.17. The molecule has 2 N–H and O–H groups in total. The fourth-order valence-corrected chi connectivity index (χ4v) is 4.32. The third-order valence-corrected chi connectivity index (χ3v) is 5.87. The number of carbonyl (C=O) groups excluding carboxylic acids is 1. The number of carbonyl (C=O) groups is 1. The van der Waals surface area contributed by atoms with Crippen LogP contribution in [0.3, 0.4) is 0 Å². The van der Waals surface area contributed by atoms with Gasteiger partial charge in [0.1, 0.15) is 17.4 Å². The van der Waals surface area contributed by atoms with Gasteiger partial charge in [-0.25, -0.2) is 8.78 Å². The van der Waals surface area contributed by atoms with E-state index in [2.05, 4.69) is 9.69 Å². The van der Waals surface area contributed by atoms with Crippen molar-refractivity contribution in [3.05, 3.63) is 47.7 Å². The molecular formula is C20H19F2N3O2S. The smallest absolute Gasteiger partial charge is 0.255 e. The molecule has 146 valence electrons. The van der Waals surface area contributed by atoms with Crippen molar-refractivity contribution in [3.63, 3.8) is 0 Å². The quantitative estimate of drug-likeness (QED) is 0.684. The van der Waals surface area contributed by atoms with Crippen LogP contribution in [-0.4, -0.2) is 45.5 Å². The number of nitrogens with zero attached hydrogens (tertiary/aromatic N) is 2. The molecule has 0 saturated carbocycles. The first kappa shape index (κ1) is 18.8. The Labute approximate surface area is 164 Å². The van der Waals surface area contributed by atoms with Crippen LogP contribution in [-0.2, 0) is 0 Å². The molecular weight excluding hydrogens is 384 g/mol. The van der Waals surface area contributed by atoms with E-state index in [1.807, 2.05) is 13.8 Å². The average Bonchev–Trinajstić information content (AvgIpc) is 3.10. The minimum Gasteiger partial charge on any atom is -0.508 e. The van der Waals surface area contributed by atoms with Crippen LogP contribution in [0, 0.1) is 11.6 Å². The monoisotopic (exact) mass is 403 g/mol. The molecule has 3 aromatic rings. The van der Waals surface area contributed by atoms with Gasteiger partial charge in [0.15, 0.2) is 0 Å². The van der Waals surface area contributed by atoms with E-state index in [0.717, 1.165) is 12.1 Å². The van der Waals surface area contributed by atoms with Crippen molar-refractivity contribution in [2.45, 2.75) is 25.9 Å². The standard InChI is InChI=1S/C20H19F2N3O2S/c1-10-9-25(11(2)7-23-10)20(27)15-4-12(3-13-8-24-28-19(13)15)18-16(21)5-14(26)6-17(18)22/h3-6,8,10-11,23,26H,7,9H2,1-2H3/t10-,11-/m1/s1. The summed E-state index contributed by atoms with van der Waals surface area (Å²) in [5.74, 6) is -2.45. The maximum atomic E-state index is 14.4. The zero-order valence-corrected chi connectivity index (χ0v) is 16.2. The Morgan fingerprint density at radius 1 is 1.25 bits per heavy atom. The Balaban J connectivity index is 1.86. The van der Waals surface area contributed by atoms with Gasteiger partial charge >= 0.3 is 0 Å². The summed E-state index contributed by atoms with van der Waals surface area (Å²) >= 11 is 1.18. The van der Waals surface area contributed by atoms with E-state index in [0.29, 0.717) is 28.7 Å². The van der Waals surface area contributed by atoms with Gasteiger partial charge in [0.25, 0.3) is 5.91 Å². The van der Waals surface area contributed by atoms with E-state index in [4.69, 9.17) is 0 Å². The van der Waals surface area contributed by atoms with Crippen molar-refractivity contribution in [3.8, 4) is 16.9 Å². The number of amides is 1. The Bertz CT molecular complexity index is 1050. The molecule has 1 fully saturated rings. The number of benzene rings is 2. The average molecular weight is 403 g/mol. The number of fused-ring (bicyclic) bond motifs is 1. The molecule has 0 bridgehead atoms. The summed E-state index contributed by atoms with van der Waals surface area (Å²) in [5, 5.41) is 13.4. The number of rotatable bonds is 2. The van der Waals surface area contributed by atoms with Crippen molar-refractivity contribution >= 4 is 27.5 Å². The SMILES string of the molecule is C[C@@H]1CN(C(=O)c2cc(-c3c(F)cc(O)cc3F)cc3cnsc23)[C@H](C)CN1. The molecule has 4 rings (SSSR count). The maximum Gasteiger partial charge on any atom is 0.255 e. The van der Waals surface area contributed by atoms with Crippen molar-refractivity contribution in [1.82, 2.24) is 14.6 Å².